The van der Waals surface area contributed by atoms with Crippen LogP contribution in [-0.4, -0.2) is 30.6 Å². The molecule has 0 aliphatic carbocycles. The Labute approximate surface area is 180 Å². The van der Waals surface area contributed by atoms with E-state index >= 15 is 0 Å². The highest BCUT2D eigenvalue weighted by Gasteiger charge is 2.35. The normalized spacial score (nSPS) is 16.4. The summed E-state index contributed by atoms with van der Waals surface area (Å²) in [7, 11) is 0. The molecule has 14 heteroatoms. The molecule has 0 radical (unpaired) electrons. The molecule has 33 heavy (non-hydrogen) atoms. The van der Waals surface area contributed by atoms with E-state index in [-0.39, 0.29) is 11.4 Å². The third-order valence-electron chi connectivity index (χ3n) is 4.93. The fourth-order valence-corrected chi connectivity index (χ4v) is 3.38. The summed E-state index contributed by atoms with van der Waals surface area (Å²) in [6.45, 7) is 0.376. The van der Waals surface area contributed by atoms with Crippen LogP contribution in [0, 0.1) is 5.82 Å². The summed E-state index contributed by atoms with van der Waals surface area (Å²) in [5.41, 5.74) is -2.97. The first-order valence-corrected chi connectivity index (χ1v) is 9.44. The zero-order chi connectivity index (χ0) is 24.0. The summed E-state index contributed by atoms with van der Waals surface area (Å²) in [5, 5.41) is 6.75. The van der Waals surface area contributed by atoms with Crippen molar-refractivity contribution in [3.63, 3.8) is 0 Å². The third kappa shape index (κ3) is 4.64. The molecule has 1 atom stereocenters. The number of hydrogen-bond donors (Lipinski definition) is 1. The van der Waals surface area contributed by atoms with Crippen molar-refractivity contribution in [3.8, 4) is 11.3 Å². The van der Waals surface area contributed by atoms with Crippen LogP contribution in [0.4, 0.5) is 30.7 Å². The molecular weight excluding hydrogens is 461 g/mol. The second-order valence-electron chi connectivity index (χ2n) is 7.18. The average molecular weight is 474 g/mol. The molecule has 7 nitrogen and oxygen atoms in total. The van der Waals surface area contributed by atoms with Crippen LogP contribution in [0.1, 0.15) is 46.5 Å². The molecule has 1 aliphatic rings. The highest BCUT2D eigenvalue weighted by atomic mass is 19.4. The van der Waals surface area contributed by atoms with Gasteiger partial charge in [0.15, 0.2) is 11.5 Å². The molecule has 1 aliphatic heterocycles. The van der Waals surface area contributed by atoms with Crippen LogP contribution >= 0.6 is 0 Å². The SMILES string of the molecule is O=C(N[C@H]1CCCn2nc(-c3cc(C(F)(F)F)ncc3F)cc21)c1cnc(C(F)(F)F)cn1. The topological polar surface area (TPSA) is 85.6 Å². The molecule has 0 saturated heterocycles. The van der Waals surface area contributed by atoms with Crippen molar-refractivity contribution in [3.05, 3.63) is 59.3 Å². The number of nitrogens with one attached hydrogen (secondary N) is 1. The lowest BCUT2D eigenvalue weighted by atomic mass is 10.0. The molecule has 3 aromatic heterocycles. The number of aromatic nitrogens is 5. The van der Waals surface area contributed by atoms with E-state index in [1.807, 2.05) is 0 Å². The van der Waals surface area contributed by atoms with Gasteiger partial charge >= 0.3 is 12.4 Å². The number of aryl methyl sites for hydroxylation is 1. The van der Waals surface area contributed by atoms with Crippen molar-refractivity contribution in [2.45, 2.75) is 37.8 Å². The van der Waals surface area contributed by atoms with Crippen molar-refractivity contribution in [2.75, 3.05) is 0 Å². The van der Waals surface area contributed by atoms with Crippen LogP contribution in [0.2, 0.25) is 0 Å². The maximum atomic E-state index is 14.2. The zero-order valence-corrected chi connectivity index (χ0v) is 16.4. The molecule has 0 spiro atoms. The van der Waals surface area contributed by atoms with E-state index < -0.39 is 47.1 Å². The highest BCUT2D eigenvalue weighted by molar-refractivity contribution is 5.92. The number of carbonyl (C=O) groups excluding carboxylic acids is 1. The molecule has 0 saturated carbocycles. The predicted molar refractivity (Wildman–Crippen MR) is 96.9 cm³/mol. The van der Waals surface area contributed by atoms with E-state index in [4.69, 9.17) is 0 Å². The Morgan fingerprint density at radius 1 is 0.970 bits per heavy atom. The Hall–Kier alpha value is -3.58. The van der Waals surface area contributed by atoms with E-state index in [1.165, 1.54) is 10.7 Å². The Kier molecular flexibility index (Phi) is 5.54. The quantitative estimate of drug-likeness (QED) is 0.576. The van der Waals surface area contributed by atoms with Crippen molar-refractivity contribution >= 4 is 5.91 Å². The minimum Gasteiger partial charge on any atom is -0.342 e. The number of halogens is 7. The summed E-state index contributed by atoms with van der Waals surface area (Å²) in [5.74, 6) is -1.80. The van der Waals surface area contributed by atoms with Gasteiger partial charge < -0.3 is 5.32 Å². The average Bonchev–Trinajstić information content (AvgIpc) is 3.18. The van der Waals surface area contributed by atoms with Gasteiger partial charge in [-0.1, -0.05) is 0 Å². The van der Waals surface area contributed by atoms with Crippen molar-refractivity contribution < 1.29 is 35.5 Å². The lowest BCUT2D eigenvalue weighted by Gasteiger charge is -2.24. The van der Waals surface area contributed by atoms with E-state index in [2.05, 4.69) is 25.4 Å². The van der Waals surface area contributed by atoms with Gasteiger partial charge in [0, 0.05) is 12.1 Å². The van der Waals surface area contributed by atoms with Crippen LogP contribution in [0.3, 0.4) is 0 Å². The second kappa shape index (κ2) is 8.08. The van der Waals surface area contributed by atoms with Crippen molar-refractivity contribution in [2.24, 2.45) is 0 Å². The largest absolute Gasteiger partial charge is 0.434 e. The first kappa shape index (κ1) is 22.6. The van der Waals surface area contributed by atoms with Crippen LogP contribution in [0.5, 0.6) is 0 Å². The molecule has 4 rings (SSSR count). The monoisotopic (exact) mass is 474 g/mol. The Bertz CT molecular complexity index is 1190. The van der Waals surface area contributed by atoms with E-state index in [9.17, 15) is 35.5 Å². The molecule has 4 heterocycles. The Balaban J connectivity index is 1.59. The predicted octanol–water partition coefficient (Wildman–Crippen LogP) is 4.18. The van der Waals surface area contributed by atoms with Crippen LogP contribution in [0.25, 0.3) is 11.3 Å². The fourth-order valence-electron chi connectivity index (χ4n) is 3.38. The number of alkyl halides is 6. The lowest BCUT2D eigenvalue weighted by Crippen LogP contribution is -2.33. The van der Waals surface area contributed by atoms with Crippen LogP contribution < -0.4 is 5.32 Å². The number of hydrogen-bond acceptors (Lipinski definition) is 5. The number of rotatable bonds is 3. The standard InChI is InChI=1S/C19H13F7N6O/c20-10-6-28-15(18(21,22)23)4-9(10)12-5-14-11(2-1-3-32(14)31-12)30-17(33)13-7-29-16(8-27-13)19(24,25)26/h4-8,11H,1-3H2,(H,30,33)/t11-/m0/s1. The number of nitrogens with zero attached hydrogens (tertiary/aromatic N) is 5. The summed E-state index contributed by atoms with van der Waals surface area (Å²) in [6, 6.07) is 1.22. The smallest absolute Gasteiger partial charge is 0.342 e. The van der Waals surface area contributed by atoms with E-state index in [0.717, 1.165) is 0 Å². The van der Waals surface area contributed by atoms with Crippen LogP contribution in [0.15, 0.2) is 30.7 Å². The summed E-state index contributed by atoms with van der Waals surface area (Å²) in [6.07, 6.45) is -6.96. The third-order valence-corrected chi connectivity index (χ3v) is 4.93. The maximum absolute atomic E-state index is 14.2. The number of pyridine rings is 1. The summed E-state index contributed by atoms with van der Waals surface area (Å²) in [4.78, 5) is 22.2. The van der Waals surface area contributed by atoms with Gasteiger partial charge in [-0.05, 0) is 25.0 Å². The summed E-state index contributed by atoms with van der Waals surface area (Å²) >= 11 is 0. The summed E-state index contributed by atoms with van der Waals surface area (Å²) < 4.78 is 92.4. The number of fused-ring (bicyclic) bond motifs is 1. The van der Waals surface area contributed by atoms with Gasteiger partial charge in [-0.3, -0.25) is 9.48 Å². The van der Waals surface area contributed by atoms with Crippen molar-refractivity contribution in [1.82, 2.24) is 30.0 Å². The first-order valence-electron chi connectivity index (χ1n) is 9.44. The molecule has 174 valence electrons. The zero-order valence-electron chi connectivity index (χ0n) is 16.4. The molecule has 0 fully saturated rings. The molecule has 1 N–H and O–H groups in total. The molecule has 1 amide bonds. The Morgan fingerprint density at radius 3 is 2.30 bits per heavy atom. The first-order chi connectivity index (χ1) is 15.4. The number of amides is 1. The lowest BCUT2D eigenvalue weighted by molar-refractivity contribution is -0.142. The highest BCUT2D eigenvalue weighted by Crippen LogP contribution is 2.34. The van der Waals surface area contributed by atoms with Gasteiger partial charge in [0.05, 0.1) is 36.0 Å². The van der Waals surface area contributed by atoms with E-state index in [1.54, 1.807) is 0 Å². The molecule has 3 aromatic rings. The minimum absolute atomic E-state index is 0.0779. The molecular formula is C19H13F7N6O. The fraction of sp³-hybridized carbons (Fsp3) is 0.316. The minimum atomic E-state index is -4.78. The number of carbonyl (C=O) groups is 1. The van der Waals surface area contributed by atoms with Gasteiger partial charge in [-0.15, -0.1) is 0 Å². The van der Waals surface area contributed by atoms with Crippen molar-refractivity contribution in [1.29, 1.82) is 0 Å². The Morgan fingerprint density at radius 2 is 1.67 bits per heavy atom. The van der Waals surface area contributed by atoms with Gasteiger partial charge in [-0.25, -0.2) is 19.3 Å². The van der Waals surface area contributed by atoms with Gasteiger partial charge in [0.1, 0.15) is 11.4 Å². The second-order valence-corrected chi connectivity index (χ2v) is 7.18. The van der Waals surface area contributed by atoms with Gasteiger partial charge in [-0.2, -0.15) is 31.4 Å². The molecule has 0 bridgehead atoms. The van der Waals surface area contributed by atoms with Gasteiger partial charge in [0.25, 0.3) is 5.91 Å². The maximum Gasteiger partial charge on any atom is 0.434 e. The van der Waals surface area contributed by atoms with E-state index in [0.29, 0.717) is 49.7 Å². The molecule has 0 aromatic carbocycles. The van der Waals surface area contributed by atoms with Gasteiger partial charge in [0.2, 0.25) is 0 Å². The molecule has 0 unspecified atom stereocenters. The van der Waals surface area contributed by atoms with Crippen LogP contribution in [-0.2, 0) is 18.9 Å².